The van der Waals surface area contributed by atoms with Gasteiger partial charge in [0.2, 0.25) is 0 Å². The number of rotatable bonds is 1. The largest absolute Gasteiger partial charge is 0.466 e. The number of esters is 1. The SMILES string of the molecule is COC(=O)C1=C[C@@H](O)[C@@H](C)[C@H](O)C1. The van der Waals surface area contributed by atoms with Crippen LogP contribution in [0.25, 0.3) is 0 Å². The fourth-order valence-corrected chi connectivity index (χ4v) is 1.35. The lowest BCUT2D eigenvalue weighted by atomic mass is 9.86. The first-order chi connectivity index (χ1) is 6.06. The molecule has 3 atom stereocenters. The number of carbonyl (C=O) groups excluding carboxylic acids is 1. The highest BCUT2D eigenvalue weighted by Gasteiger charge is 2.29. The minimum atomic E-state index is -0.766. The average molecular weight is 186 g/mol. The first-order valence-corrected chi connectivity index (χ1v) is 4.21. The fourth-order valence-electron chi connectivity index (χ4n) is 1.35. The van der Waals surface area contributed by atoms with Crippen molar-refractivity contribution in [2.24, 2.45) is 5.92 Å². The van der Waals surface area contributed by atoms with Crippen LogP contribution in [0.5, 0.6) is 0 Å². The highest BCUT2D eigenvalue weighted by atomic mass is 16.5. The number of methoxy groups -OCH3 is 1. The lowest BCUT2D eigenvalue weighted by molar-refractivity contribution is -0.137. The Bertz CT molecular complexity index is 234. The van der Waals surface area contributed by atoms with E-state index in [0.717, 1.165) is 0 Å². The summed E-state index contributed by atoms with van der Waals surface area (Å²) in [5.74, 6) is -0.710. The number of aliphatic hydroxyl groups is 2. The quantitative estimate of drug-likeness (QED) is 0.559. The molecule has 0 aliphatic heterocycles. The fraction of sp³-hybridized carbons (Fsp3) is 0.667. The predicted octanol–water partition coefficient (Wildman–Crippen LogP) is -0.153. The van der Waals surface area contributed by atoms with Gasteiger partial charge in [-0.25, -0.2) is 4.79 Å². The van der Waals surface area contributed by atoms with Gasteiger partial charge in [-0.15, -0.1) is 0 Å². The molecule has 0 aromatic rings. The molecule has 0 unspecified atom stereocenters. The first-order valence-electron chi connectivity index (χ1n) is 4.21. The molecule has 4 nitrogen and oxygen atoms in total. The molecule has 74 valence electrons. The highest BCUT2D eigenvalue weighted by molar-refractivity contribution is 5.88. The second kappa shape index (κ2) is 3.89. The van der Waals surface area contributed by atoms with Crippen molar-refractivity contribution in [3.05, 3.63) is 11.6 Å². The Labute approximate surface area is 76.8 Å². The Morgan fingerprint density at radius 2 is 2.23 bits per heavy atom. The maximum Gasteiger partial charge on any atom is 0.333 e. The van der Waals surface area contributed by atoms with E-state index in [2.05, 4.69) is 4.74 Å². The normalized spacial score (nSPS) is 33.8. The summed E-state index contributed by atoms with van der Waals surface area (Å²) >= 11 is 0. The van der Waals surface area contributed by atoms with Crippen LogP contribution >= 0.6 is 0 Å². The third-order valence-electron chi connectivity index (χ3n) is 2.39. The monoisotopic (exact) mass is 186 g/mol. The number of hydrogen-bond acceptors (Lipinski definition) is 4. The zero-order chi connectivity index (χ0) is 10.0. The second-order valence-corrected chi connectivity index (χ2v) is 3.30. The zero-order valence-corrected chi connectivity index (χ0v) is 7.73. The van der Waals surface area contributed by atoms with Gasteiger partial charge in [0.1, 0.15) is 0 Å². The van der Waals surface area contributed by atoms with Crippen LogP contribution in [0, 0.1) is 5.92 Å². The van der Waals surface area contributed by atoms with Crippen LogP contribution in [0.2, 0.25) is 0 Å². The lowest BCUT2D eigenvalue weighted by Gasteiger charge is -2.27. The number of aliphatic hydroxyl groups excluding tert-OH is 2. The van der Waals surface area contributed by atoms with Crippen LogP contribution in [-0.2, 0) is 9.53 Å². The van der Waals surface area contributed by atoms with Crippen molar-refractivity contribution in [2.45, 2.75) is 25.6 Å². The summed E-state index contributed by atoms with van der Waals surface area (Å²) in [6.07, 6.45) is 0.264. The zero-order valence-electron chi connectivity index (χ0n) is 7.73. The minimum absolute atomic E-state index is 0.228. The molecule has 1 aliphatic rings. The Morgan fingerprint density at radius 1 is 1.62 bits per heavy atom. The van der Waals surface area contributed by atoms with Crippen LogP contribution in [0.3, 0.4) is 0 Å². The van der Waals surface area contributed by atoms with Gasteiger partial charge in [0.15, 0.2) is 0 Å². The first kappa shape index (κ1) is 10.2. The van der Waals surface area contributed by atoms with E-state index in [1.54, 1.807) is 6.92 Å². The summed E-state index contributed by atoms with van der Waals surface area (Å²) in [5.41, 5.74) is 0.348. The summed E-state index contributed by atoms with van der Waals surface area (Å²) in [5, 5.41) is 18.9. The van der Waals surface area contributed by atoms with E-state index in [9.17, 15) is 15.0 Å². The average Bonchev–Trinajstić information content (AvgIpc) is 2.12. The Kier molecular flexibility index (Phi) is 3.06. The molecule has 1 rings (SSSR count). The standard InChI is InChI=1S/C9H14O4/c1-5-7(10)3-6(4-8(5)11)9(12)13-2/h3,5,7-8,10-11H,4H2,1-2H3/t5-,7-,8-/m1/s1. The molecule has 0 fully saturated rings. The van der Waals surface area contributed by atoms with Crippen LogP contribution in [0.15, 0.2) is 11.6 Å². The van der Waals surface area contributed by atoms with Crippen LogP contribution in [-0.4, -0.2) is 35.5 Å². The minimum Gasteiger partial charge on any atom is -0.466 e. The van der Waals surface area contributed by atoms with Crippen molar-refractivity contribution in [3.8, 4) is 0 Å². The summed E-state index contributed by atoms with van der Waals surface area (Å²) < 4.78 is 4.49. The van der Waals surface area contributed by atoms with Crippen LogP contribution in [0.1, 0.15) is 13.3 Å². The maximum atomic E-state index is 11.1. The van der Waals surface area contributed by atoms with E-state index in [1.165, 1.54) is 13.2 Å². The van der Waals surface area contributed by atoms with Crippen molar-refractivity contribution in [2.75, 3.05) is 7.11 Å². The predicted molar refractivity (Wildman–Crippen MR) is 45.9 cm³/mol. The Hall–Kier alpha value is -0.870. The maximum absolute atomic E-state index is 11.1. The molecule has 0 saturated heterocycles. The van der Waals surface area contributed by atoms with E-state index in [-0.39, 0.29) is 12.3 Å². The molecule has 0 radical (unpaired) electrons. The summed E-state index contributed by atoms with van der Waals surface area (Å²) in [6.45, 7) is 1.74. The van der Waals surface area contributed by atoms with Crippen LogP contribution in [0.4, 0.5) is 0 Å². The third kappa shape index (κ3) is 2.08. The summed E-state index contributed by atoms with van der Waals surface area (Å²) in [6, 6.07) is 0. The van der Waals surface area contributed by atoms with Gasteiger partial charge in [0.05, 0.1) is 19.3 Å². The molecular formula is C9H14O4. The molecule has 0 aromatic heterocycles. The molecule has 0 spiro atoms. The van der Waals surface area contributed by atoms with E-state index < -0.39 is 18.2 Å². The van der Waals surface area contributed by atoms with E-state index in [0.29, 0.717) is 5.57 Å². The molecule has 2 N–H and O–H groups in total. The van der Waals surface area contributed by atoms with Gasteiger partial charge in [0, 0.05) is 17.9 Å². The number of hydrogen-bond donors (Lipinski definition) is 2. The van der Waals surface area contributed by atoms with Gasteiger partial charge in [-0.3, -0.25) is 0 Å². The molecule has 1 aliphatic carbocycles. The Morgan fingerprint density at radius 3 is 2.69 bits per heavy atom. The molecule has 0 saturated carbocycles. The van der Waals surface area contributed by atoms with Crippen molar-refractivity contribution < 1.29 is 19.7 Å². The van der Waals surface area contributed by atoms with E-state index in [1.807, 2.05) is 0 Å². The van der Waals surface area contributed by atoms with Gasteiger partial charge in [-0.05, 0) is 6.08 Å². The number of carbonyl (C=O) groups is 1. The van der Waals surface area contributed by atoms with Gasteiger partial charge in [-0.1, -0.05) is 6.92 Å². The molecule has 4 heteroatoms. The van der Waals surface area contributed by atoms with E-state index in [4.69, 9.17) is 0 Å². The lowest BCUT2D eigenvalue weighted by Crippen LogP contribution is -2.34. The number of ether oxygens (including phenoxy) is 1. The molecule has 13 heavy (non-hydrogen) atoms. The van der Waals surface area contributed by atoms with Crippen molar-refractivity contribution >= 4 is 5.97 Å². The van der Waals surface area contributed by atoms with Gasteiger partial charge < -0.3 is 14.9 Å². The molecule has 0 bridgehead atoms. The second-order valence-electron chi connectivity index (χ2n) is 3.30. The third-order valence-corrected chi connectivity index (χ3v) is 2.39. The van der Waals surface area contributed by atoms with Crippen LogP contribution < -0.4 is 0 Å². The van der Waals surface area contributed by atoms with E-state index >= 15 is 0 Å². The highest BCUT2D eigenvalue weighted by Crippen LogP contribution is 2.24. The summed E-state index contributed by atoms with van der Waals surface area (Å²) in [4.78, 5) is 11.1. The van der Waals surface area contributed by atoms with Crippen molar-refractivity contribution in [3.63, 3.8) is 0 Å². The Balaban J connectivity index is 2.78. The van der Waals surface area contributed by atoms with Crippen molar-refractivity contribution in [1.82, 2.24) is 0 Å². The van der Waals surface area contributed by atoms with Gasteiger partial charge in [0.25, 0.3) is 0 Å². The molecular weight excluding hydrogens is 172 g/mol. The topological polar surface area (TPSA) is 66.8 Å². The smallest absolute Gasteiger partial charge is 0.333 e. The van der Waals surface area contributed by atoms with Gasteiger partial charge in [-0.2, -0.15) is 0 Å². The van der Waals surface area contributed by atoms with Gasteiger partial charge >= 0.3 is 5.97 Å². The molecule has 0 amide bonds. The molecule has 0 heterocycles. The molecule has 0 aromatic carbocycles. The van der Waals surface area contributed by atoms with Crippen molar-refractivity contribution in [1.29, 1.82) is 0 Å². The summed E-state index contributed by atoms with van der Waals surface area (Å²) in [7, 11) is 1.28.